The Morgan fingerprint density at radius 3 is 2.17 bits per heavy atom. The van der Waals surface area contributed by atoms with Crippen molar-refractivity contribution in [2.45, 2.75) is 39.4 Å². The Morgan fingerprint density at radius 2 is 1.62 bits per heavy atom. The van der Waals surface area contributed by atoms with Crippen LogP contribution in [0.1, 0.15) is 42.4 Å². The lowest BCUT2D eigenvalue weighted by Crippen LogP contribution is -2.29. The van der Waals surface area contributed by atoms with Gasteiger partial charge < -0.3 is 18.9 Å². The van der Waals surface area contributed by atoms with Gasteiger partial charge >= 0.3 is 0 Å². The van der Waals surface area contributed by atoms with Gasteiger partial charge in [-0.05, 0) is 45.0 Å². The Hall–Kier alpha value is -3.22. The summed E-state index contributed by atoms with van der Waals surface area (Å²) in [6.07, 6.45) is 4.02. The molecular formula is C22H26N4O3. The standard InChI is InChI=1S/C22H26N4O3/c1-22(2,3)26-20(24-8-6-7-9-24)18-13-25(14-19(18)23-26)21(27)15-10-16(28-4)12-17(11-15)29-5/h6-12H,13-14H2,1-5H3. The van der Waals surface area contributed by atoms with Gasteiger partial charge in [0, 0.05) is 29.6 Å². The van der Waals surface area contributed by atoms with E-state index < -0.39 is 0 Å². The molecule has 3 heterocycles. The second-order valence-corrected chi connectivity index (χ2v) is 8.18. The highest BCUT2D eigenvalue weighted by atomic mass is 16.5. The minimum absolute atomic E-state index is 0.0686. The number of hydrogen-bond donors (Lipinski definition) is 0. The van der Waals surface area contributed by atoms with Crippen molar-refractivity contribution in [1.82, 2.24) is 19.2 Å². The van der Waals surface area contributed by atoms with E-state index in [2.05, 4.69) is 25.3 Å². The summed E-state index contributed by atoms with van der Waals surface area (Å²) in [7, 11) is 3.15. The molecule has 2 aromatic heterocycles. The first-order valence-electron chi connectivity index (χ1n) is 9.58. The van der Waals surface area contributed by atoms with Crippen molar-refractivity contribution in [2.24, 2.45) is 0 Å². The van der Waals surface area contributed by atoms with E-state index in [-0.39, 0.29) is 11.4 Å². The highest BCUT2D eigenvalue weighted by Crippen LogP contribution is 2.33. The summed E-state index contributed by atoms with van der Waals surface area (Å²) in [5, 5.41) is 4.86. The van der Waals surface area contributed by atoms with Gasteiger partial charge in [-0.1, -0.05) is 0 Å². The molecule has 4 rings (SSSR count). The predicted molar refractivity (Wildman–Crippen MR) is 110 cm³/mol. The number of rotatable bonds is 4. The molecule has 1 amide bonds. The number of hydrogen-bond acceptors (Lipinski definition) is 4. The maximum Gasteiger partial charge on any atom is 0.254 e. The molecule has 29 heavy (non-hydrogen) atoms. The molecule has 0 N–H and O–H groups in total. The fraction of sp³-hybridized carbons (Fsp3) is 0.364. The number of benzene rings is 1. The van der Waals surface area contributed by atoms with Crippen molar-refractivity contribution in [1.29, 1.82) is 0 Å². The van der Waals surface area contributed by atoms with E-state index in [4.69, 9.17) is 14.6 Å². The first-order chi connectivity index (χ1) is 13.8. The lowest BCUT2D eigenvalue weighted by Gasteiger charge is -2.24. The van der Waals surface area contributed by atoms with Crippen LogP contribution in [-0.2, 0) is 18.6 Å². The normalized spacial score (nSPS) is 13.5. The van der Waals surface area contributed by atoms with Gasteiger partial charge in [0.25, 0.3) is 5.91 Å². The van der Waals surface area contributed by atoms with Gasteiger partial charge in [-0.15, -0.1) is 0 Å². The monoisotopic (exact) mass is 394 g/mol. The van der Waals surface area contributed by atoms with Crippen LogP contribution in [0.25, 0.3) is 5.82 Å². The highest BCUT2D eigenvalue weighted by Gasteiger charge is 2.34. The number of nitrogens with zero attached hydrogens (tertiary/aromatic N) is 4. The third kappa shape index (κ3) is 3.37. The topological polar surface area (TPSA) is 61.5 Å². The molecule has 0 radical (unpaired) electrons. The molecule has 7 heteroatoms. The van der Waals surface area contributed by atoms with Crippen LogP contribution in [0, 0.1) is 0 Å². The second-order valence-electron chi connectivity index (χ2n) is 8.18. The van der Waals surface area contributed by atoms with E-state index in [9.17, 15) is 4.79 Å². The van der Waals surface area contributed by atoms with Crippen LogP contribution in [0.3, 0.4) is 0 Å². The zero-order valence-electron chi connectivity index (χ0n) is 17.5. The van der Waals surface area contributed by atoms with Crippen molar-refractivity contribution < 1.29 is 14.3 Å². The summed E-state index contributed by atoms with van der Waals surface area (Å²) in [5.41, 5.74) is 2.39. The van der Waals surface area contributed by atoms with Crippen molar-refractivity contribution in [3.05, 3.63) is 59.5 Å². The Morgan fingerprint density at radius 1 is 1.00 bits per heavy atom. The maximum absolute atomic E-state index is 13.2. The lowest BCUT2D eigenvalue weighted by atomic mass is 10.1. The third-order valence-electron chi connectivity index (χ3n) is 5.10. The van der Waals surface area contributed by atoms with Gasteiger partial charge in [-0.25, -0.2) is 4.68 Å². The molecule has 152 valence electrons. The van der Waals surface area contributed by atoms with E-state index in [0.717, 1.165) is 17.1 Å². The molecule has 0 bridgehead atoms. The minimum atomic E-state index is -0.168. The number of carbonyl (C=O) groups is 1. The minimum Gasteiger partial charge on any atom is -0.497 e. The van der Waals surface area contributed by atoms with Gasteiger partial charge in [0.1, 0.15) is 17.3 Å². The molecule has 0 spiro atoms. The quantitative estimate of drug-likeness (QED) is 0.678. The smallest absolute Gasteiger partial charge is 0.254 e. The fourth-order valence-electron chi connectivity index (χ4n) is 3.67. The summed E-state index contributed by atoms with van der Waals surface area (Å²) in [5.74, 6) is 2.13. The molecule has 3 aromatic rings. The number of fused-ring (bicyclic) bond motifs is 1. The Balaban J connectivity index is 1.69. The summed E-state index contributed by atoms with van der Waals surface area (Å²) in [4.78, 5) is 15.0. The summed E-state index contributed by atoms with van der Waals surface area (Å²) in [6, 6.07) is 9.22. The number of aromatic nitrogens is 3. The molecular weight excluding hydrogens is 368 g/mol. The molecule has 0 atom stereocenters. The molecule has 1 aliphatic heterocycles. The number of amides is 1. The van der Waals surface area contributed by atoms with E-state index in [1.54, 1.807) is 32.4 Å². The molecule has 1 aliphatic rings. The predicted octanol–water partition coefficient (Wildman–Crippen LogP) is 3.60. The average molecular weight is 394 g/mol. The van der Waals surface area contributed by atoms with E-state index in [0.29, 0.717) is 30.2 Å². The molecule has 0 unspecified atom stereocenters. The molecule has 7 nitrogen and oxygen atoms in total. The molecule has 0 fully saturated rings. The summed E-state index contributed by atoms with van der Waals surface area (Å²) >= 11 is 0. The largest absolute Gasteiger partial charge is 0.497 e. The van der Waals surface area contributed by atoms with Crippen LogP contribution in [0.5, 0.6) is 11.5 Å². The zero-order valence-corrected chi connectivity index (χ0v) is 17.5. The van der Waals surface area contributed by atoms with Crippen LogP contribution in [0.2, 0.25) is 0 Å². The molecule has 1 aromatic carbocycles. The van der Waals surface area contributed by atoms with Crippen LogP contribution < -0.4 is 9.47 Å². The maximum atomic E-state index is 13.2. The number of methoxy groups -OCH3 is 2. The third-order valence-corrected chi connectivity index (χ3v) is 5.10. The van der Waals surface area contributed by atoms with Crippen LogP contribution in [0.15, 0.2) is 42.7 Å². The molecule has 0 aliphatic carbocycles. The van der Waals surface area contributed by atoms with Gasteiger partial charge in [0.05, 0.1) is 38.5 Å². The lowest BCUT2D eigenvalue weighted by molar-refractivity contribution is 0.0747. The first-order valence-corrected chi connectivity index (χ1v) is 9.58. The fourth-order valence-corrected chi connectivity index (χ4v) is 3.67. The second kappa shape index (κ2) is 6.99. The zero-order chi connectivity index (χ0) is 20.8. The SMILES string of the molecule is COc1cc(OC)cc(C(=O)N2Cc3nn(C(C)(C)C)c(-n4cccc4)c3C2)c1. The molecule has 0 saturated carbocycles. The van der Waals surface area contributed by atoms with Crippen LogP contribution in [-0.4, -0.2) is 39.4 Å². The van der Waals surface area contributed by atoms with Crippen LogP contribution in [0.4, 0.5) is 0 Å². The van der Waals surface area contributed by atoms with Crippen molar-refractivity contribution in [3.63, 3.8) is 0 Å². The Labute approximate surface area is 170 Å². The van der Waals surface area contributed by atoms with Crippen LogP contribution >= 0.6 is 0 Å². The van der Waals surface area contributed by atoms with E-state index >= 15 is 0 Å². The number of ether oxygens (including phenoxy) is 2. The first kappa shape index (κ1) is 19.1. The molecule has 0 saturated heterocycles. The highest BCUT2D eigenvalue weighted by molar-refractivity contribution is 5.95. The van der Waals surface area contributed by atoms with Gasteiger partial charge in [-0.2, -0.15) is 5.10 Å². The van der Waals surface area contributed by atoms with Gasteiger partial charge in [-0.3, -0.25) is 4.79 Å². The van der Waals surface area contributed by atoms with E-state index in [1.807, 2.05) is 34.1 Å². The van der Waals surface area contributed by atoms with Crippen molar-refractivity contribution >= 4 is 5.91 Å². The summed E-state index contributed by atoms with van der Waals surface area (Å²) < 4.78 is 14.7. The van der Waals surface area contributed by atoms with E-state index in [1.165, 1.54) is 0 Å². The Kier molecular flexibility index (Phi) is 4.61. The Bertz CT molecular complexity index is 1020. The summed E-state index contributed by atoms with van der Waals surface area (Å²) in [6.45, 7) is 7.39. The van der Waals surface area contributed by atoms with Gasteiger partial charge in [0.15, 0.2) is 0 Å². The van der Waals surface area contributed by atoms with Crippen molar-refractivity contribution in [2.75, 3.05) is 14.2 Å². The average Bonchev–Trinajstić information content (AvgIpc) is 3.41. The number of carbonyl (C=O) groups excluding carboxylic acids is 1. The van der Waals surface area contributed by atoms with Crippen molar-refractivity contribution in [3.8, 4) is 17.3 Å². The van der Waals surface area contributed by atoms with Gasteiger partial charge in [0.2, 0.25) is 0 Å².